The predicted molar refractivity (Wildman–Crippen MR) is 140 cm³/mol. The van der Waals surface area contributed by atoms with E-state index in [0.29, 0.717) is 16.2 Å². The van der Waals surface area contributed by atoms with Gasteiger partial charge >= 0.3 is 5.97 Å². The van der Waals surface area contributed by atoms with Crippen LogP contribution in [0, 0.1) is 0 Å². The molecule has 4 rings (SSSR count). The van der Waals surface area contributed by atoms with Crippen LogP contribution in [0.5, 0.6) is 0 Å². The molecule has 0 fully saturated rings. The Morgan fingerprint density at radius 3 is 1.94 bits per heavy atom. The molecule has 1 unspecified atom stereocenters. The summed E-state index contributed by atoms with van der Waals surface area (Å²) in [4.78, 5) is 14.1. The number of thiophene rings is 1. The number of hydrogen-bond donors (Lipinski definition) is 1. The van der Waals surface area contributed by atoms with Gasteiger partial charge < -0.3 is 4.74 Å². The summed E-state index contributed by atoms with van der Waals surface area (Å²) in [7, 11) is -3.30. The minimum Gasteiger partial charge on any atom is -0.457 e. The molecule has 0 saturated carbocycles. The van der Waals surface area contributed by atoms with Crippen LogP contribution in [0.4, 0.5) is 0 Å². The van der Waals surface area contributed by atoms with Gasteiger partial charge in [-0.05, 0) is 48.2 Å². The van der Waals surface area contributed by atoms with Crippen molar-refractivity contribution in [2.24, 2.45) is 0 Å². The number of carbonyl (C=O) groups excluding carboxylic acids is 1. The average molecular weight is 488 g/mol. The van der Waals surface area contributed by atoms with Crippen molar-refractivity contribution in [1.82, 2.24) is 5.09 Å². The molecule has 4 aromatic rings. The molecule has 0 spiro atoms. The number of nitrogens with one attached hydrogen (secondary N) is 1. The third kappa shape index (κ3) is 5.45. The van der Waals surface area contributed by atoms with E-state index in [1.165, 1.54) is 11.3 Å². The Labute approximate surface area is 204 Å². The van der Waals surface area contributed by atoms with Crippen LogP contribution in [0.3, 0.4) is 0 Å². The fourth-order valence-electron chi connectivity index (χ4n) is 3.71. The summed E-state index contributed by atoms with van der Waals surface area (Å²) in [5, 5.41) is 6.69. The van der Waals surface area contributed by atoms with Crippen molar-refractivity contribution in [2.45, 2.75) is 19.6 Å². The van der Waals surface area contributed by atoms with E-state index in [1.54, 1.807) is 13.0 Å². The number of hydrogen-bond acceptors (Lipinski definition) is 4. The minimum atomic E-state index is -3.30. The lowest BCUT2D eigenvalue weighted by Crippen LogP contribution is -2.33. The maximum absolute atomic E-state index is 14.7. The Kier molecular flexibility index (Phi) is 7.91. The maximum atomic E-state index is 14.7. The third-order valence-corrected chi connectivity index (χ3v) is 9.06. The molecular formula is C28H26NO3PS. The van der Waals surface area contributed by atoms with Crippen molar-refractivity contribution in [3.63, 3.8) is 0 Å². The summed E-state index contributed by atoms with van der Waals surface area (Å²) in [5.74, 6) is -0.440. The Hall–Kier alpha value is -3.24. The first-order valence-electron chi connectivity index (χ1n) is 11.0. The highest BCUT2D eigenvalue weighted by atomic mass is 32.1. The van der Waals surface area contributed by atoms with Crippen LogP contribution in [-0.2, 0) is 20.7 Å². The van der Waals surface area contributed by atoms with Crippen LogP contribution in [0.25, 0.3) is 0 Å². The van der Waals surface area contributed by atoms with Gasteiger partial charge in [0.2, 0.25) is 7.29 Å². The van der Waals surface area contributed by atoms with Gasteiger partial charge in [-0.15, -0.1) is 11.3 Å². The zero-order chi connectivity index (χ0) is 23.8. The Morgan fingerprint density at radius 2 is 1.44 bits per heavy atom. The van der Waals surface area contributed by atoms with Gasteiger partial charge in [0.1, 0.15) is 6.61 Å². The van der Waals surface area contributed by atoms with Crippen LogP contribution in [0.2, 0.25) is 0 Å². The van der Waals surface area contributed by atoms with E-state index in [9.17, 15) is 9.36 Å². The minimum absolute atomic E-state index is 0.170. The van der Waals surface area contributed by atoms with Crippen LogP contribution >= 0.6 is 18.6 Å². The standard InChI is InChI=1S/C28H26NO3PS/c1-2-25(28(30)32-21-22-13-6-3-7-14-22)27(26-19-12-20-34-26)29-33(31,23-15-8-4-9-16-23)24-17-10-5-11-18-24/h2-20,27H,21H2,1H3,(H,29,31)/b25-2-. The Balaban J connectivity index is 1.70. The lowest BCUT2D eigenvalue weighted by Gasteiger charge is -2.27. The van der Waals surface area contributed by atoms with Gasteiger partial charge in [0.05, 0.1) is 11.6 Å². The monoisotopic (exact) mass is 487 g/mol. The van der Waals surface area contributed by atoms with Gasteiger partial charge in [0.15, 0.2) is 0 Å². The largest absolute Gasteiger partial charge is 0.457 e. The van der Waals surface area contributed by atoms with Crippen molar-refractivity contribution >= 4 is 35.2 Å². The predicted octanol–water partition coefficient (Wildman–Crippen LogP) is 6.00. The lowest BCUT2D eigenvalue weighted by molar-refractivity contribution is -0.140. The van der Waals surface area contributed by atoms with Crippen LogP contribution in [0.1, 0.15) is 23.4 Å². The molecule has 1 N–H and O–H groups in total. The Bertz CT molecular complexity index is 1230. The quantitative estimate of drug-likeness (QED) is 0.179. The topological polar surface area (TPSA) is 55.4 Å². The van der Waals surface area contributed by atoms with Crippen LogP contribution in [0.15, 0.2) is 120 Å². The number of ether oxygens (including phenoxy) is 1. The first kappa shape index (κ1) is 23.9. The molecule has 172 valence electrons. The first-order chi connectivity index (χ1) is 16.6. The lowest BCUT2D eigenvalue weighted by atomic mass is 10.1. The summed E-state index contributed by atoms with van der Waals surface area (Å²) in [6.07, 6.45) is 1.74. The summed E-state index contributed by atoms with van der Waals surface area (Å²) >= 11 is 1.51. The van der Waals surface area contributed by atoms with Crippen molar-refractivity contribution in [3.05, 3.63) is 131 Å². The van der Waals surface area contributed by atoms with Gasteiger partial charge in [-0.3, -0.25) is 4.57 Å². The SMILES string of the molecule is C/C=C(\C(=O)OCc1ccccc1)C(NP(=O)(c1ccccc1)c1ccccc1)c1cccs1. The second-order valence-electron chi connectivity index (χ2n) is 7.66. The summed E-state index contributed by atoms with van der Waals surface area (Å²) in [6.45, 7) is 1.97. The summed E-state index contributed by atoms with van der Waals surface area (Å²) < 4.78 is 20.3. The molecule has 0 radical (unpaired) electrons. The molecule has 0 aliphatic rings. The zero-order valence-electron chi connectivity index (χ0n) is 18.8. The van der Waals surface area contributed by atoms with Gasteiger partial charge in [0.25, 0.3) is 0 Å². The van der Waals surface area contributed by atoms with E-state index in [-0.39, 0.29) is 6.61 Å². The van der Waals surface area contributed by atoms with Gasteiger partial charge in [-0.2, -0.15) is 0 Å². The molecule has 0 amide bonds. The molecule has 0 saturated heterocycles. The first-order valence-corrected chi connectivity index (χ1v) is 13.6. The van der Waals surface area contributed by atoms with Crippen LogP contribution in [-0.4, -0.2) is 5.97 Å². The number of benzene rings is 3. The van der Waals surface area contributed by atoms with Crippen molar-refractivity contribution in [2.75, 3.05) is 0 Å². The summed E-state index contributed by atoms with van der Waals surface area (Å²) in [6, 6.07) is 31.5. The fourth-order valence-corrected chi connectivity index (χ4v) is 7.01. The smallest absolute Gasteiger partial charge is 0.336 e. The molecule has 1 atom stereocenters. The highest BCUT2D eigenvalue weighted by Gasteiger charge is 2.34. The number of allylic oxidation sites excluding steroid dienone is 1. The Morgan fingerprint density at radius 1 is 0.882 bits per heavy atom. The molecule has 4 nitrogen and oxygen atoms in total. The molecule has 1 heterocycles. The molecule has 3 aromatic carbocycles. The molecule has 0 bridgehead atoms. The fraction of sp³-hybridized carbons (Fsp3) is 0.107. The van der Waals surface area contributed by atoms with Crippen molar-refractivity contribution in [1.29, 1.82) is 0 Å². The molecule has 1 aromatic heterocycles. The van der Waals surface area contributed by atoms with Crippen LogP contribution < -0.4 is 15.7 Å². The molecular weight excluding hydrogens is 461 g/mol. The van der Waals surface area contributed by atoms with E-state index in [4.69, 9.17) is 4.74 Å². The molecule has 34 heavy (non-hydrogen) atoms. The maximum Gasteiger partial charge on any atom is 0.336 e. The molecule has 0 aliphatic carbocycles. The van der Waals surface area contributed by atoms with E-state index in [0.717, 1.165) is 10.4 Å². The molecule has 6 heteroatoms. The third-order valence-electron chi connectivity index (χ3n) is 5.45. The number of carbonyl (C=O) groups is 1. The van der Waals surface area contributed by atoms with Crippen molar-refractivity contribution < 1.29 is 14.1 Å². The van der Waals surface area contributed by atoms with Gasteiger partial charge in [-0.25, -0.2) is 9.88 Å². The second kappa shape index (κ2) is 11.3. The van der Waals surface area contributed by atoms with Crippen molar-refractivity contribution in [3.8, 4) is 0 Å². The van der Waals surface area contributed by atoms with Gasteiger partial charge in [-0.1, -0.05) is 78.9 Å². The van der Waals surface area contributed by atoms with E-state index < -0.39 is 19.3 Å². The second-order valence-corrected chi connectivity index (χ2v) is 11.2. The number of esters is 1. The normalized spacial score (nSPS) is 12.8. The van der Waals surface area contributed by atoms with Gasteiger partial charge in [0, 0.05) is 15.5 Å². The highest BCUT2D eigenvalue weighted by Crippen LogP contribution is 2.44. The number of rotatable bonds is 9. The zero-order valence-corrected chi connectivity index (χ0v) is 20.5. The highest BCUT2D eigenvalue weighted by molar-refractivity contribution is 7.77. The van der Waals surface area contributed by atoms with E-state index in [1.807, 2.05) is 109 Å². The summed E-state index contributed by atoms with van der Waals surface area (Å²) in [5.41, 5.74) is 1.33. The van der Waals surface area contributed by atoms with E-state index in [2.05, 4.69) is 5.09 Å². The molecule has 0 aliphatic heterocycles. The average Bonchev–Trinajstić information content (AvgIpc) is 3.44. The van der Waals surface area contributed by atoms with E-state index >= 15 is 0 Å².